The monoisotopic (exact) mass is 309 g/mol. The van der Waals surface area contributed by atoms with Crippen molar-refractivity contribution in [3.8, 4) is 0 Å². The molecule has 1 aliphatic heterocycles. The van der Waals surface area contributed by atoms with Crippen molar-refractivity contribution in [3.05, 3.63) is 22.8 Å². The van der Waals surface area contributed by atoms with Gasteiger partial charge in [-0.3, -0.25) is 14.5 Å². The number of nitrogens with one attached hydrogen (secondary N) is 1. The summed E-state index contributed by atoms with van der Waals surface area (Å²) in [6.07, 6.45) is 3.75. The lowest BCUT2D eigenvalue weighted by atomic mass is 10.2. The molecule has 2 aliphatic rings. The van der Waals surface area contributed by atoms with Crippen molar-refractivity contribution in [2.75, 3.05) is 5.32 Å². The number of imide groups is 1. The third kappa shape index (κ3) is 2.01. The number of carbonyl (C=O) groups is 2. The molecular weight excluding hydrogens is 298 g/mol. The highest BCUT2D eigenvalue weighted by molar-refractivity contribution is 9.10. The second-order valence-corrected chi connectivity index (χ2v) is 5.42. The summed E-state index contributed by atoms with van der Waals surface area (Å²) in [5.41, 5.74) is 0. The van der Waals surface area contributed by atoms with Gasteiger partial charge in [-0.2, -0.15) is 0 Å². The molecule has 5 nitrogen and oxygen atoms in total. The maximum atomic E-state index is 12.1. The summed E-state index contributed by atoms with van der Waals surface area (Å²) < 4.78 is 0.787. The standard InChI is InChI=1S/C12H12BrN3O2/c13-8-2-1-5-14-11(8)15-9-6-10(17)16(12(9)18)7-3-4-7/h1-2,5,7,9H,3-4,6H2,(H,14,15). The molecule has 1 unspecified atom stereocenters. The molecule has 1 saturated carbocycles. The molecule has 1 aliphatic carbocycles. The van der Waals surface area contributed by atoms with Crippen molar-refractivity contribution in [2.24, 2.45) is 0 Å². The highest BCUT2D eigenvalue weighted by Crippen LogP contribution is 2.32. The summed E-state index contributed by atoms with van der Waals surface area (Å²) in [6, 6.07) is 3.30. The zero-order valence-electron chi connectivity index (χ0n) is 9.60. The van der Waals surface area contributed by atoms with Crippen LogP contribution in [0.4, 0.5) is 5.82 Å². The van der Waals surface area contributed by atoms with Gasteiger partial charge < -0.3 is 5.32 Å². The number of amides is 2. The van der Waals surface area contributed by atoms with Gasteiger partial charge in [-0.15, -0.1) is 0 Å². The first-order valence-corrected chi connectivity index (χ1v) is 6.69. The Hall–Kier alpha value is -1.43. The molecule has 2 fully saturated rings. The van der Waals surface area contributed by atoms with Gasteiger partial charge in [-0.1, -0.05) is 0 Å². The molecule has 18 heavy (non-hydrogen) atoms. The number of carbonyl (C=O) groups excluding carboxylic acids is 2. The van der Waals surface area contributed by atoms with E-state index in [1.54, 1.807) is 12.3 Å². The minimum atomic E-state index is -0.482. The Kier molecular flexibility index (Phi) is 2.81. The zero-order chi connectivity index (χ0) is 12.7. The average molecular weight is 310 g/mol. The summed E-state index contributed by atoms with van der Waals surface area (Å²) in [7, 11) is 0. The van der Waals surface area contributed by atoms with Crippen molar-refractivity contribution < 1.29 is 9.59 Å². The van der Waals surface area contributed by atoms with Crippen molar-refractivity contribution in [1.29, 1.82) is 0 Å². The highest BCUT2D eigenvalue weighted by atomic mass is 79.9. The number of pyridine rings is 1. The lowest BCUT2D eigenvalue weighted by molar-refractivity contribution is -0.139. The number of hydrogen-bond acceptors (Lipinski definition) is 4. The van der Waals surface area contributed by atoms with Crippen LogP contribution in [-0.2, 0) is 9.59 Å². The first kappa shape index (κ1) is 11.6. The van der Waals surface area contributed by atoms with Crippen LogP contribution in [0.5, 0.6) is 0 Å². The molecular formula is C12H12BrN3O2. The van der Waals surface area contributed by atoms with E-state index in [9.17, 15) is 9.59 Å². The SMILES string of the molecule is O=C1CC(Nc2ncccc2Br)C(=O)N1C1CC1. The minimum Gasteiger partial charge on any atom is -0.357 e. The molecule has 0 radical (unpaired) electrons. The molecule has 2 amide bonds. The van der Waals surface area contributed by atoms with E-state index in [2.05, 4.69) is 26.2 Å². The number of rotatable bonds is 3. The maximum Gasteiger partial charge on any atom is 0.252 e. The second kappa shape index (κ2) is 4.35. The Morgan fingerprint density at radius 2 is 2.17 bits per heavy atom. The smallest absolute Gasteiger partial charge is 0.252 e. The Balaban J connectivity index is 1.76. The molecule has 1 N–H and O–H groups in total. The average Bonchev–Trinajstić information content (AvgIpc) is 3.11. The number of anilines is 1. The molecule has 6 heteroatoms. The molecule has 1 aromatic rings. The zero-order valence-corrected chi connectivity index (χ0v) is 11.2. The second-order valence-electron chi connectivity index (χ2n) is 4.57. The molecule has 94 valence electrons. The quantitative estimate of drug-likeness (QED) is 0.861. The molecule has 3 rings (SSSR count). The Morgan fingerprint density at radius 3 is 2.83 bits per heavy atom. The van der Waals surface area contributed by atoms with Gasteiger partial charge in [0.05, 0.1) is 10.9 Å². The van der Waals surface area contributed by atoms with Gasteiger partial charge in [-0.05, 0) is 40.9 Å². The first-order valence-electron chi connectivity index (χ1n) is 5.90. The third-order valence-electron chi connectivity index (χ3n) is 3.16. The largest absolute Gasteiger partial charge is 0.357 e. The van der Waals surface area contributed by atoms with Gasteiger partial charge in [0.15, 0.2) is 0 Å². The van der Waals surface area contributed by atoms with Gasteiger partial charge in [0, 0.05) is 12.2 Å². The van der Waals surface area contributed by atoms with E-state index < -0.39 is 6.04 Å². The fourth-order valence-corrected chi connectivity index (χ4v) is 2.51. The summed E-state index contributed by atoms with van der Waals surface area (Å²) in [5.74, 6) is 0.397. The number of halogens is 1. The van der Waals surface area contributed by atoms with E-state index >= 15 is 0 Å². The van der Waals surface area contributed by atoms with Gasteiger partial charge in [0.2, 0.25) is 5.91 Å². The van der Waals surface area contributed by atoms with Crippen LogP contribution in [0, 0.1) is 0 Å². The van der Waals surface area contributed by atoms with Crippen molar-refractivity contribution in [3.63, 3.8) is 0 Å². The van der Waals surface area contributed by atoms with Gasteiger partial charge in [-0.25, -0.2) is 4.98 Å². The van der Waals surface area contributed by atoms with E-state index in [0.29, 0.717) is 5.82 Å². The van der Waals surface area contributed by atoms with Crippen molar-refractivity contribution in [1.82, 2.24) is 9.88 Å². The summed E-state index contributed by atoms with van der Waals surface area (Å²) in [4.78, 5) is 29.5. The number of likely N-dealkylation sites (tertiary alicyclic amines) is 1. The minimum absolute atomic E-state index is 0.0768. The van der Waals surface area contributed by atoms with Crippen LogP contribution < -0.4 is 5.32 Å². The Bertz CT molecular complexity index is 516. The summed E-state index contributed by atoms with van der Waals surface area (Å²) in [5, 5.41) is 3.03. The van der Waals surface area contributed by atoms with Gasteiger partial charge in [0.1, 0.15) is 11.9 Å². The molecule has 2 heterocycles. The molecule has 0 spiro atoms. The van der Waals surface area contributed by atoms with Crippen LogP contribution in [0.3, 0.4) is 0 Å². The fourth-order valence-electron chi connectivity index (χ4n) is 2.14. The highest BCUT2D eigenvalue weighted by Gasteiger charge is 2.46. The van der Waals surface area contributed by atoms with Crippen molar-refractivity contribution in [2.45, 2.75) is 31.3 Å². The Morgan fingerprint density at radius 1 is 1.39 bits per heavy atom. The number of nitrogens with zero attached hydrogens (tertiary/aromatic N) is 2. The van der Waals surface area contributed by atoms with Gasteiger partial charge in [0.25, 0.3) is 5.91 Å². The normalized spacial score (nSPS) is 23.6. The third-order valence-corrected chi connectivity index (χ3v) is 3.80. The number of hydrogen-bond donors (Lipinski definition) is 1. The maximum absolute atomic E-state index is 12.1. The van der Waals surface area contributed by atoms with Crippen LogP contribution in [-0.4, -0.2) is 33.8 Å². The van der Waals surface area contributed by atoms with Crippen LogP contribution in [0.1, 0.15) is 19.3 Å². The van der Waals surface area contributed by atoms with E-state index in [0.717, 1.165) is 17.3 Å². The van der Waals surface area contributed by atoms with E-state index in [-0.39, 0.29) is 24.3 Å². The van der Waals surface area contributed by atoms with Crippen LogP contribution in [0.25, 0.3) is 0 Å². The molecule has 1 atom stereocenters. The predicted octanol–water partition coefficient (Wildman–Crippen LogP) is 1.55. The molecule has 1 saturated heterocycles. The van der Waals surface area contributed by atoms with Gasteiger partial charge >= 0.3 is 0 Å². The van der Waals surface area contributed by atoms with Crippen LogP contribution >= 0.6 is 15.9 Å². The molecule has 0 aromatic carbocycles. The van der Waals surface area contributed by atoms with Crippen molar-refractivity contribution >= 4 is 33.6 Å². The lowest BCUT2D eigenvalue weighted by Crippen LogP contribution is -2.36. The first-order chi connectivity index (χ1) is 8.66. The fraction of sp³-hybridized carbons (Fsp3) is 0.417. The Labute approximate surface area is 113 Å². The summed E-state index contributed by atoms with van der Waals surface area (Å²) in [6.45, 7) is 0. The lowest BCUT2D eigenvalue weighted by Gasteiger charge is -2.15. The van der Waals surface area contributed by atoms with E-state index in [4.69, 9.17) is 0 Å². The molecule has 0 bridgehead atoms. The topological polar surface area (TPSA) is 62.3 Å². The van der Waals surface area contributed by atoms with Crippen LogP contribution in [0.2, 0.25) is 0 Å². The van der Waals surface area contributed by atoms with Crippen LogP contribution in [0.15, 0.2) is 22.8 Å². The van der Waals surface area contributed by atoms with E-state index in [1.807, 2.05) is 6.07 Å². The summed E-state index contributed by atoms with van der Waals surface area (Å²) >= 11 is 3.36. The molecule has 1 aromatic heterocycles. The number of aromatic nitrogens is 1. The van der Waals surface area contributed by atoms with E-state index in [1.165, 1.54) is 4.90 Å². The predicted molar refractivity (Wildman–Crippen MR) is 68.8 cm³/mol.